The van der Waals surface area contributed by atoms with Gasteiger partial charge in [0.15, 0.2) is 0 Å². The average molecular weight is 268 g/mol. The fourth-order valence-electron chi connectivity index (χ4n) is 2.48. The van der Waals surface area contributed by atoms with Crippen LogP contribution >= 0.6 is 0 Å². The van der Waals surface area contributed by atoms with Crippen LogP contribution in [-0.4, -0.2) is 13.6 Å². The maximum atomic E-state index is 6.49. The maximum absolute atomic E-state index is 6.49. The van der Waals surface area contributed by atoms with Crippen molar-refractivity contribution in [1.29, 1.82) is 0 Å². The van der Waals surface area contributed by atoms with Gasteiger partial charge in [-0.3, -0.25) is 0 Å². The van der Waals surface area contributed by atoms with Gasteiger partial charge in [-0.15, -0.1) is 0 Å². The van der Waals surface area contributed by atoms with Crippen LogP contribution in [0.15, 0.2) is 54.6 Å². The van der Waals surface area contributed by atoms with Crippen LogP contribution in [-0.2, 0) is 12.0 Å². The first-order valence-corrected chi connectivity index (χ1v) is 7.17. The predicted molar refractivity (Wildman–Crippen MR) is 87.1 cm³/mol. The minimum atomic E-state index is -0.362. The molecule has 0 saturated heterocycles. The lowest BCUT2D eigenvalue weighted by Crippen LogP contribution is -2.44. The molecule has 2 N–H and O–H groups in total. The van der Waals surface area contributed by atoms with Crippen molar-refractivity contribution in [2.24, 2.45) is 5.73 Å². The van der Waals surface area contributed by atoms with Crippen molar-refractivity contribution in [3.63, 3.8) is 0 Å². The topological polar surface area (TPSA) is 29.3 Å². The zero-order valence-electron chi connectivity index (χ0n) is 12.6. The number of benzene rings is 2. The molecule has 0 aliphatic rings. The summed E-state index contributed by atoms with van der Waals surface area (Å²) in [7, 11) is 2.09. The summed E-state index contributed by atoms with van der Waals surface area (Å²) in [6, 6.07) is 19.0. The Morgan fingerprint density at radius 3 is 2.15 bits per heavy atom. The maximum Gasteiger partial charge on any atom is 0.0558 e. The molecule has 0 aliphatic carbocycles. The van der Waals surface area contributed by atoms with Crippen LogP contribution in [0.25, 0.3) is 0 Å². The van der Waals surface area contributed by atoms with E-state index in [0.29, 0.717) is 0 Å². The van der Waals surface area contributed by atoms with Crippen LogP contribution < -0.4 is 10.6 Å². The molecule has 0 amide bonds. The van der Waals surface area contributed by atoms with Crippen LogP contribution in [0.2, 0.25) is 0 Å². The van der Waals surface area contributed by atoms with Gasteiger partial charge in [0.1, 0.15) is 0 Å². The molecule has 0 radical (unpaired) electrons. The highest BCUT2D eigenvalue weighted by atomic mass is 15.1. The molecule has 2 nitrogen and oxygen atoms in total. The van der Waals surface area contributed by atoms with Gasteiger partial charge in [-0.2, -0.15) is 0 Å². The second kappa shape index (κ2) is 6.10. The fourth-order valence-corrected chi connectivity index (χ4v) is 2.48. The molecule has 1 atom stereocenters. The quantitative estimate of drug-likeness (QED) is 0.898. The number of hydrogen-bond acceptors (Lipinski definition) is 2. The van der Waals surface area contributed by atoms with Gasteiger partial charge < -0.3 is 10.6 Å². The van der Waals surface area contributed by atoms with E-state index in [1.165, 1.54) is 11.3 Å². The Morgan fingerprint density at radius 1 is 1.00 bits per heavy atom. The Balaban J connectivity index is 2.11. The number of anilines is 1. The minimum absolute atomic E-state index is 0.362. The van der Waals surface area contributed by atoms with Gasteiger partial charge in [-0.1, -0.05) is 49.4 Å². The first kappa shape index (κ1) is 14.6. The van der Waals surface area contributed by atoms with Crippen molar-refractivity contribution in [1.82, 2.24) is 0 Å². The molecule has 2 heteroatoms. The van der Waals surface area contributed by atoms with Crippen LogP contribution in [0.5, 0.6) is 0 Å². The highest BCUT2D eigenvalue weighted by Gasteiger charge is 2.23. The van der Waals surface area contributed by atoms with Crippen molar-refractivity contribution in [3.8, 4) is 0 Å². The van der Waals surface area contributed by atoms with E-state index in [9.17, 15) is 0 Å². The summed E-state index contributed by atoms with van der Waals surface area (Å²) < 4.78 is 0. The molecular weight excluding hydrogens is 244 g/mol. The SMILES string of the molecule is CCc1ccc(N(C)CC(C)(N)c2ccccc2)cc1. The number of likely N-dealkylation sites (N-methyl/N-ethyl adjacent to an activating group) is 1. The van der Waals surface area contributed by atoms with Crippen molar-refractivity contribution in [3.05, 3.63) is 65.7 Å². The highest BCUT2D eigenvalue weighted by molar-refractivity contribution is 5.47. The molecule has 20 heavy (non-hydrogen) atoms. The molecule has 2 rings (SSSR count). The summed E-state index contributed by atoms with van der Waals surface area (Å²) >= 11 is 0. The molecule has 1 unspecified atom stereocenters. The summed E-state index contributed by atoms with van der Waals surface area (Å²) in [4.78, 5) is 2.21. The van der Waals surface area contributed by atoms with Gasteiger partial charge in [0, 0.05) is 19.3 Å². The molecule has 106 valence electrons. The summed E-state index contributed by atoms with van der Waals surface area (Å²) in [5, 5.41) is 0. The lowest BCUT2D eigenvalue weighted by Gasteiger charge is -2.32. The second-order valence-corrected chi connectivity index (χ2v) is 5.66. The molecule has 0 bridgehead atoms. The van der Waals surface area contributed by atoms with Gasteiger partial charge in [0.2, 0.25) is 0 Å². The number of nitrogens with zero attached hydrogens (tertiary/aromatic N) is 1. The fraction of sp³-hybridized carbons (Fsp3) is 0.333. The van der Waals surface area contributed by atoms with Crippen LogP contribution in [0.3, 0.4) is 0 Å². The normalized spacial score (nSPS) is 13.8. The first-order chi connectivity index (χ1) is 9.53. The van der Waals surface area contributed by atoms with Crippen LogP contribution in [0.4, 0.5) is 5.69 Å². The standard InChI is InChI=1S/C18H24N2/c1-4-15-10-12-17(13-11-15)20(3)14-18(2,19)16-8-6-5-7-9-16/h5-13H,4,14,19H2,1-3H3. The summed E-state index contributed by atoms with van der Waals surface area (Å²) in [6.07, 6.45) is 1.07. The van der Waals surface area contributed by atoms with E-state index in [4.69, 9.17) is 5.73 Å². The third-order valence-electron chi connectivity index (χ3n) is 3.78. The van der Waals surface area contributed by atoms with Gasteiger partial charge >= 0.3 is 0 Å². The number of aryl methyl sites for hydroxylation is 1. The summed E-state index contributed by atoms with van der Waals surface area (Å²) in [6.45, 7) is 5.03. The van der Waals surface area contributed by atoms with E-state index in [2.05, 4.69) is 62.2 Å². The van der Waals surface area contributed by atoms with Gasteiger partial charge in [0.05, 0.1) is 5.54 Å². The average Bonchev–Trinajstić information content (AvgIpc) is 2.48. The van der Waals surface area contributed by atoms with E-state index in [0.717, 1.165) is 18.5 Å². The Kier molecular flexibility index (Phi) is 4.46. The van der Waals surface area contributed by atoms with E-state index in [-0.39, 0.29) is 5.54 Å². The van der Waals surface area contributed by atoms with Crippen LogP contribution in [0, 0.1) is 0 Å². The molecule has 0 spiro atoms. The Labute approximate surface area is 122 Å². The third kappa shape index (κ3) is 3.40. The Bertz CT molecular complexity index is 529. The Morgan fingerprint density at radius 2 is 1.60 bits per heavy atom. The van der Waals surface area contributed by atoms with Gasteiger partial charge in [0.25, 0.3) is 0 Å². The largest absolute Gasteiger partial charge is 0.372 e. The van der Waals surface area contributed by atoms with Crippen LogP contribution in [0.1, 0.15) is 25.0 Å². The smallest absolute Gasteiger partial charge is 0.0558 e. The number of nitrogens with two attached hydrogens (primary N) is 1. The first-order valence-electron chi connectivity index (χ1n) is 7.17. The molecule has 0 heterocycles. The number of rotatable bonds is 5. The minimum Gasteiger partial charge on any atom is -0.372 e. The van der Waals surface area contributed by atoms with Crippen molar-refractivity contribution in [2.45, 2.75) is 25.8 Å². The molecule has 2 aromatic rings. The monoisotopic (exact) mass is 268 g/mol. The Hall–Kier alpha value is -1.80. The predicted octanol–water partition coefficient (Wildman–Crippen LogP) is 3.56. The zero-order chi connectivity index (χ0) is 14.6. The van der Waals surface area contributed by atoms with E-state index < -0.39 is 0 Å². The summed E-state index contributed by atoms with van der Waals surface area (Å²) in [5.74, 6) is 0. The molecule has 0 aromatic heterocycles. The van der Waals surface area contributed by atoms with Crippen molar-refractivity contribution < 1.29 is 0 Å². The molecular formula is C18H24N2. The van der Waals surface area contributed by atoms with Gasteiger partial charge in [-0.25, -0.2) is 0 Å². The number of hydrogen-bond donors (Lipinski definition) is 1. The lowest BCUT2D eigenvalue weighted by molar-refractivity contribution is 0.495. The van der Waals surface area contributed by atoms with E-state index in [1.807, 2.05) is 18.2 Å². The molecule has 0 fully saturated rings. The van der Waals surface area contributed by atoms with E-state index in [1.54, 1.807) is 0 Å². The van der Waals surface area contributed by atoms with Crippen molar-refractivity contribution >= 4 is 5.69 Å². The molecule has 0 saturated carbocycles. The second-order valence-electron chi connectivity index (χ2n) is 5.66. The van der Waals surface area contributed by atoms with E-state index >= 15 is 0 Å². The summed E-state index contributed by atoms with van der Waals surface area (Å²) in [5.41, 5.74) is 9.86. The molecule has 0 aliphatic heterocycles. The van der Waals surface area contributed by atoms with Crippen molar-refractivity contribution in [2.75, 3.05) is 18.5 Å². The molecule has 2 aromatic carbocycles. The lowest BCUT2D eigenvalue weighted by atomic mass is 9.92. The van der Waals surface area contributed by atoms with Gasteiger partial charge in [-0.05, 0) is 36.6 Å². The zero-order valence-corrected chi connectivity index (χ0v) is 12.6. The third-order valence-corrected chi connectivity index (χ3v) is 3.78. The highest BCUT2D eigenvalue weighted by Crippen LogP contribution is 2.22.